The van der Waals surface area contributed by atoms with Gasteiger partial charge in [-0.2, -0.15) is 0 Å². The number of hydrogen-bond donors (Lipinski definition) is 4. The summed E-state index contributed by atoms with van der Waals surface area (Å²) in [5.74, 6) is 0.796. The number of allylic oxidation sites excluding steroid dienone is 3. The van der Waals surface area contributed by atoms with Gasteiger partial charge in [0.15, 0.2) is 0 Å². The number of aliphatic hydroxyl groups excluding tert-OH is 1. The van der Waals surface area contributed by atoms with E-state index in [2.05, 4.69) is 97.1 Å². The Labute approximate surface area is 342 Å². The highest BCUT2D eigenvalue weighted by atomic mass is 16.4. The SMILES string of the molecule is NCC1C=CC(C(=O)O)C2C1C(CC(CC=CC(O)CC1CCCCC1)CCc1ccccc1)C=CC2C1(c2ccccc2)CCCC(Cc2cccc(O)c2)C1. The summed E-state index contributed by atoms with van der Waals surface area (Å²) >= 11 is 0. The van der Waals surface area contributed by atoms with Crippen molar-refractivity contribution in [3.05, 3.63) is 138 Å². The highest BCUT2D eigenvalue weighted by Crippen LogP contribution is 2.58. The van der Waals surface area contributed by atoms with Crippen LogP contribution in [0.1, 0.15) is 100 Å². The van der Waals surface area contributed by atoms with Gasteiger partial charge < -0.3 is 21.1 Å². The number of phenols is 1. The average Bonchev–Trinajstić information content (AvgIpc) is 3.23. The Bertz CT molecular complexity index is 1800. The van der Waals surface area contributed by atoms with E-state index in [1.165, 1.54) is 43.2 Å². The van der Waals surface area contributed by atoms with Gasteiger partial charge in [-0.3, -0.25) is 4.79 Å². The number of benzene rings is 3. The molecular formula is C52H67NO4. The quantitative estimate of drug-likeness (QED) is 0.109. The minimum Gasteiger partial charge on any atom is -0.508 e. The third-order valence-corrected chi connectivity index (χ3v) is 14.7. The van der Waals surface area contributed by atoms with E-state index in [-0.39, 0.29) is 35.0 Å². The first kappa shape index (κ1) is 41.2. The van der Waals surface area contributed by atoms with Crippen molar-refractivity contribution >= 4 is 5.97 Å². The average molecular weight is 770 g/mol. The number of fused-ring (bicyclic) bond motifs is 1. The molecule has 57 heavy (non-hydrogen) atoms. The van der Waals surface area contributed by atoms with Crippen molar-refractivity contribution in [2.45, 2.75) is 108 Å². The van der Waals surface area contributed by atoms with Crippen LogP contribution >= 0.6 is 0 Å². The lowest BCUT2D eigenvalue weighted by Crippen LogP contribution is -2.53. The second-order valence-electron chi connectivity index (χ2n) is 18.3. The van der Waals surface area contributed by atoms with Crippen molar-refractivity contribution in [1.82, 2.24) is 0 Å². The molecule has 10 unspecified atom stereocenters. The zero-order valence-corrected chi connectivity index (χ0v) is 34.0. The van der Waals surface area contributed by atoms with E-state index in [0.29, 0.717) is 30.0 Å². The summed E-state index contributed by atoms with van der Waals surface area (Å²) in [6, 6.07) is 29.4. The van der Waals surface area contributed by atoms with Gasteiger partial charge in [0.05, 0.1) is 12.0 Å². The fraction of sp³-hybridized carbons (Fsp3) is 0.519. The molecule has 0 bridgehead atoms. The van der Waals surface area contributed by atoms with Gasteiger partial charge in [-0.1, -0.05) is 154 Å². The molecule has 4 aliphatic carbocycles. The summed E-state index contributed by atoms with van der Waals surface area (Å²) in [4.78, 5) is 13.4. The number of aliphatic carboxylic acids is 1. The molecule has 304 valence electrons. The van der Waals surface area contributed by atoms with Crippen molar-refractivity contribution in [3.63, 3.8) is 0 Å². The van der Waals surface area contributed by atoms with Gasteiger partial charge in [0, 0.05) is 5.41 Å². The van der Waals surface area contributed by atoms with Crippen LogP contribution in [0.5, 0.6) is 5.75 Å². The fourth-order valence-electron chi connectivity index (χ4n) is 12.0. The molecule has 0 aliphatic heterocycles. The Hall–Kier alpha value is -3.93. The molecule has 0 heterocycles. The highest BCUT2D eigenvalue weighted by molar-refractivity contribution is 5.73. The van der Waals surface area contributed by atoms with Crippen LogP contribution < -0.4 is 5.73 Å². The monoisotopic (exact) mass is 770 g/mol. The number of phenolic OH excluding ortho intramolecular Hbond substituents is 1. The predicted octanol–water partition coefficient (Wildman–Crippen LogP) is 10.9. The van der Waals surface area contributed by atoms with Crippen LogP contribution in [0, 0.1) is 53.3 Å². The van der Waals surface area contributed by atoms with Crippen LogP contribution in [0.2, 0.25) is 0 Å². The maximum Gasteiger partial charge on any atom is 0.310 e. The summed E-state index contributed by atoms with van der Waals surface area (Å²) in [6.45, 7) is 0.501. The molecular weight excluding hydrogens is 703 g/mol. The van der Waals surface area contributed by atoms with Gasteiger partial charge in [0.25, 0.3) is 0 Å². The molecule has 10 atom stereocenters. The first-order valence-electron chi connectivity index (χ1n) is 22.3. The Morgan fingerprint density at radius 3 is 2.25 bits per heavy atom. The largest absolute Gasteiger partial charge is 0.508 e. The van der Waals surface area contributed by atoms with E-state index in [1.807, 2.05) is 18.2 Å². The number of nitrogens with two attached hydrogens (primary N) is 1. The number of carbonyl (C=O) groups is 1. The van der Waals surface area contributed by atoms with Crippen LogP contribution in [0.15, 0.2) is 121 Å². The number of hydrogen-bond acceptors (Lipinski definition) is 4. The zero-order valence-electron chi connectivity index (χ0n) is 34.0. The second-order valence-corrected chi connectivity index (χ2v) is 18.3. The summed E-state index contributed by atoms with van der Waals surface area (Å²) in [5, 5.41) is 32.3. The van der Waals surface area contributed by atoms with Gasteiger partial charge in [0.1, 0.15) is 5.75 Å². The fourth-order valence-corrected chi connectivity index (χ4v) is 12.0. The Morgan fingerprint density at radius 2 is 1.51 bits per heavy atom. The van der Waals surface area contributed by atoms with E-state index in [4.69, 9.17) is 5.73 Å². The highest BCUT2D eigenvalue weighted by Gasteiger charge is 2.55. The molecule has 5 nitrogen and oxygen atoms in total. The minimum atomic E-state index is -0.735. The first-order chi connectivity index (χ1) is 27.8. The number of aryl methyl sites for hydroxylation is 1. The summed E-state index contributed by atoms with van der Waals surface area (Å²) in [7, 11) is 0. The zero-order chi connectivity index (χ0) is 39.6. The molecule has 3 aromatic carbocycles. The maximum atomic E-state index is 13.4. The number of aromatic hydroxyl groups is 1. The molecule has 0 radical (unpaired) electrons. The van der Waals surface area contributed by atoms with Gasteiger partial charge >= 0.3 is 5.97 Å². The van der Waals surface area contributed by atoms with E-state index in [0.717, 1.165) is 69.8 Å². The molecule has 2 fully saturated rings. The molecule has 5 heteroatoms. The van der Waals surface area contributed by atoms with E-state index >= 15 is 0 Å². The van der Waals surface area contributed by atoms with Crippen LogP contribution in [-0.2, 0) is 23.1 Å². The van der Waals surface area contributed by atoms with Crippen LogP contribution in [0.25, 0.3) is 0 Å². The van der Waals surface area contributed by atoms with Gasteiger partial charge in [-0.25, -0.2) is 0 Å². The van der Waals surface area contributed by atoms with Crippen molar-refractivity contribution in [3.8, 4) is 5.75 Å². The molecule has 7 rings (SSSR count). The Balaban J connectivity index is 1.20. The van der Waals surface area contributed by atoms with Crippen LogP contribution in [-0.4, -0.2) is 33.9 Å². The summed E-state index contributed by atoms with van der Waals surface area (Å²) in [5.41, 5.74) is 10.3. The van der Waals surface area contributed by atoms with Crippen molar-refractivity contribution in [1.29, 1.82) is 0 Å². The van der Waals surface area contributed by atoms with Crippen molar-refractivity contribution in [2.75, 3.05) is 6.54 Å². The number of aliphatic hydroxyl groups is 1. The number of carboxylic acid groups (broad SMARTS) is 1. The third-order valence-electron chi connectivity index (χ3n) is 14.7. The Morgan fingerprint density at radius 1 is 0.789 bits per heavy atom. The normalized spacial score (nSPS) is 30.2. The van der Waals surface area contributed by atoms with Gasteiger partial charge in [-0.05, 0) is 134 Å². The third kappa shape index (κ3) is 10.2. The van der Waals surface area contributed by atoms with Crippen LogP contribution in [0.4, 0.5) is 0 Å². The summed E-state index contributed by atoms with van der Waals surface area (Å²) in [6.07, 6.45) is 29.2. The smallest absolute Gasteiger partial charge is 0.310 e. The molecule has 5 N–H and O–H groups in total. The van der Waals surface area contributed by atoms with Crippen molar-refractivity contribution in [2.24, 2.45) is 59.0 Å². The lowest BCUT2D eigenvalue weighted by atomic mass is 9.48. The maximum absolute atomic E-state index is 13.4. The van der Waals surface area contributed by atoms with E-state index < -0.39 is 18.0 Å². The predicted molar refractivity (Wildman–Crippen MR) is 232 cm³/mol. The first-order valence-corrected chi connectivity index (χ1v) is 22.3. The van der Waals surface area contributed by atoms with Crippen LogP contribution in [0.3, 0.4) is 0 Å². The van der Waals surface area contributed by atoms with Crippen molar-refractivity contribution < 1.29 is 20.1 Å². The second kappa shape index (κ2) is 19.7. The minimum absolute atomic E-state index is 0.0471. The molecule has 4 aliphatic rings. The lowest BCUT2D eigenvalue weighted by molar-refractivity contribution is -0.145. The molecule has 0 amide bonds. The standard InChI is InChI=1S/C52H67NO4/c53-36-43-26-28-47(51(56)57)50-48(52(44-20-8-3-9-21-44)30-12-19-41(35-52)31-40-18-11-23-46(55)34-40)29-27-42(49(43)50)32-39(25-24-37-13-4-1-5-14-37)17-10-22-45(54)33-38-15-6-2-7-16-38/h1,3-5,8-11,13-14,18,20-23,26-29,34,38-39,41-43,45,47-50,54-55H,2,6-7,12,15-17,19,24-25,30-33,35-36,53H2,(H,56,57). The van der Waals surface area contributed by atoms with E-state index in [9.17, 15) is 20.1 Å². The Kier molecular flexibility index (Phi) is 14.2. The summed E-state index contributed by atoms with van der Waals surface area (Å²) < 4.78 is 0. The number of carboxylic acids is 1. The topological polar surface area (TPSA) is 104 Å². The molecule has 3 aromatic rings. The molecule has 0 spiro atoms. The molecule has 0 aromatic heterocycles. The lowest BCUT2D eigenvalue weighted by Gasteiger charge is -2.56. The molecule has 2 saturated carbocycles. The number of rotatable bonds is 16. The molecule has 0 saturated heterocycles. The van der Waals surface area contributed by atoms with E-state index in [1.54, 1.807) is 6.07 Å². The van der Waals surface area contributed by atoms with Gasteiger partial charge in [0.2, 0.25) is 0 Å². The van der Waals surface area contributed by atoms with Gasteiger partial charge in [-0.15, -0.1) is 0 Å².